The van der Waals surface area contributed by atoms with Crippen molar-refractivity contribution in [1.29, 1.82) is 0 Å². The van der Waals surface area contributed by atoms with Gasteiger partial charge in [-0.25, -0.2) is 0 Å². The Hall–Kier alpha value is -0.810. The zero-order chi connectivity index (χ0) is 11.4. The molecule has 0 unspecified atom stereocenters. The molecule has 1 aromatic rings. The van der Waals surface area contributed by atoms with Gasteiger partial charge in [-0.05, 0) is 20.8 Å². The van der Waals surface area contributed by atoms with E-state index in [1.807, 2.05) is 6.92 Å². The molecule has 2 N–H and O–H groups in total. The third-order valence-corrected chi connectivity index (χ3v) is 3.06. The molecule has 0 atom stereocenters. The molecule has 0 saturated heterocycles. The average molecular weight is 226 g/mol. The van der Waals surface area contributed by atoms with E-state index in [9.17, 15) is 0 Å². The molecule has 0 aromatic carbocycles. The van der Waals surface area contributed by atoms with Crippen molar-refractivity contribution in [3.05, 3.63) is 18.0 Å². The van der Waals surface area contributed by atoms with Gasteiger partial charge in [-0.3, -0.25) is 0 Å². The summed E-state index contributed by atoms with van der Waals surface area (Å²) in [6.45, 7) is 10.5. The highest BCUT2D eigenvalue weighted by molar-refractivity contribution is 7.99. The second kappa shape index (κ2) is 5.32. The van der Waals surface area contributed by atoms with Gasteiger partial charge in [-0.15, -0.1) is 10.2 Å². The van der Waals surface area contributed by atoms with Crippen molar-refractivity contribution in [3.63, 3.8) is 0 Å². The third-order valence-electron chi connectivity index (χ3n) is 1.88. The van der Waals surface area contributed by atoms with Crippen LogP contribution in [0.3, 0.4) is 0 Å². The number of aromatic nitrogens is 3. The van der Waals surface area contributed by atoms with Crippen LogP contribution in [-0.4, -0.2) is 20.5 Å². The number of thioether (sulfide) groups is 1. The van der Waals surface area contributed by atoms with Gasteiger partial charge in [0.2, 0.25) is 0 Å². The summed E-state index contributed by atoms with van der Waals surface area (Å²) in [6, 6.07) is 0.339. The smallest absolute Gasteiger partial charge is 0.191 e. The molecule has 0 fully saturated rings. The molecular formula is C10H18N4S. The second-order valence-electron chi connectivity index (χ2n) is 3.81. The molecule has 1 heterocycles. The average Bonchev–Trinajstić information content (AvgIpc) is 2.57. The van der Waals surface area contributed by atoms with Gasteiger partial charge >= 0.3 is 0 Å². The van der Waals surface area contributed by atoms with Gasteiger partial charge in [0.05, 0.1) is 6.54 Å². The molecule has 84 valence electrons. The number of nitrogens with two attached hydrogens (primary N) is 1. The van der Waals surface area contributed by atoms with Crippen molar-refractivity contribution in [2.45, 2.75) is 38.5 Å². The monoisotopic (exact) mass is 226 g/mol. The first-order chi connectivity index (χ1) is 7.06. The first kappa shape index (κ1) is 12.3. The van der Waals surface area contributed by atoms with Crippen LogP contribution < -0.4 is 5.73 Å². The highest BCUT2D eigenvalue weighted by atomic mass is 32.2. The van der Waals surface area contributed by atoms with Crippen LogP contribution in [0.1, 0.15) is 32.6 Å². The molecule has 5 heteroatoms. The Labute approximate surface area is 95.0 Å². The highest BCUT2D eigenvalue weighted by Gasteiger charge is 2.13. The summed E-state index contributed by atoms with van der Waals surface area (Å²) in [6.07, 6.45) is 0. The summed E-state index contributed by atoms with van der Waals surface area (Å²) < 4.78 is 2.08. The largest absolute Gasteiger partial charge is 0.324 e. The van der Waals surface area contributed by atoms with Gasteiger partial charge in [-0.1, -0.05) is 23.9 Å². The second-order valence-corrected chi connectivity index (χ2v) is 4.75. The minimum Gasteiger partial charge on any atom is -0.324 e. The fourth-order valence-electron chi connectivity index (χ4n) is 1.25. The standard InChI is InChI=1S/C10H18N4S/c1-7(2)6-15-10-13-12-9(5-11)14(10)8(3)4/h8H,1,5-6,11H2,2-4H3. The molecule has 0 radical (unpaired) electrons. The molecule has 0 aliphatic heterocycles. The van der Waals surface area contributed by atoms with Gasteiger partial charge in [0, 0.05) is 11.8 Å². The molecule has 4 nitrogen and oxygen atoms in total. The van der Waals surface area contributed by atoms with Crippen LogP contribution in [0.5, 0.6) is 0 Å². The summed E-state index contributed by atoms with van der Waals surface area (Å²) in [5.41, 5.74) is 6.74. The molecule has 15 heavy (non-hydrogen) atoms. The predicted octanol–water partition coefficient (Wildman–Crippen LogP) is 1.99. The molecule has 0 saturated carbocycles. The molecule has 1 rings (SSSR count). The van der Waals surface area contributed by atoms with E-state index in [1.165, 1.54) is 0 Å². The van der Waals surface area contributed by atoms with Crippen LogP contribution in [0, 0.1) is 0 Å². The van der Waals surface area contributed by atoms with Crippen LogP contribution in [0.15, 0.2) is 17.3 Å². The Kier molecular flexibility index (Phi) is 4.35. The van der Waals surface area contributed by atoms with E-state index in [0.29, 0.717) is 12.6 Å². The Morgan fingerprint density at radius 3 is 2.67 bits per heavy atom. The van der Waals surface area contributed by atoms with E-state index in [1.54, 1.807) is 11.8 Å². The van der Waals surface area contributed by atoms with Crippen LogP contribution in [0.2, 0.25) is 0 Å². The van der Waals surface area contributed by atoms with Gasteiger partial charge in [0.1, 0.15) is 5.82 Å². The van der Waals surface area contributed by atoms with Crippen molar-refractivity contribution < 1.29 is 0 Å². The van der Waals surface area contributed by atoms with Crippen molar-refractivity contribution in [3.8, 4) is 0 Å². The first-order valence-electron chi connectivity index (χ1n) is 4.97. The quantitative estimate of drug-likeness (QED) is 0.616. The predicted molar refractivity (Wildman–Crippen MR) is 63.8 cm³/mol. The van der Waals surface area contributed by atoms with Gasteiger partial charge < -0.3 is 10.3 Å². The summed E-state index contributed by atoms with van der Waals surface area (Å²) in [5, 5.41) is 9.13. The number of nitrogens with zero attached hydrogens (tertiary/aromatic N) is 3. The number of hydrogen-bond acceptors (Lipinski definition) is 4. The fourth-order valence-corrected chi connectivity index (χ4v) is 2.18. The van der Waals surface area contributed by atoms with Gasteiger partial charge in [0.15, 0.2) is 5.16 Å². The molecule has 1 aromatic heterocycles. The summed E-state index contributed by atoms with van der Waals surface area (Å²) >= 11 is 1.65. The Balaban J connectivity index is 2.87. The van der Waals surface area contributed by atoms with Crippen LogP contribution in [0.4, 0.5) is 0 Å². The van der Waals surface area contributed by atoms with E-state index in [0.717, 1.165) is 22.3 Å². The Morgan fingerprint density at radius 1 is 1.53 bits per heavy atom. The van der Waals surface area contributed by atoms with E-state index in [2.05, 4.69) is 35.2 Å². The van der Waals surface area contributed by atoms with Crippen LogP contribution in [0.25, 0.3) is 0 Å². The van der Waals surface area contributed by atoms with Gasteiger partial charge in [0.25, 0.3) is 0 Å². The lowest BCUT2D eigenvalue weighted by Crippen LogP contribution is -2.11. The maximum absolute atomic E-state index is 5.61. The van der Waals surface area contributed by atoms with E-state index in [4.69, 9.17) is 5.73 Å². The maximum atomic E-state index is 5.61. The summed E-state index contributed by atoms with van der Waals surface area (Å²) in [4.78, 5) is 0. The van der Waals surface area contributed by atoms with Crippen molar-refractivity contribution in [2.24, 2.45) is 5.73 Å². The lowest BCUT2D eigenvalue weighted by molar-refractivity contribution is 0.526. The molecule has 0 aliphatic carbocycles. The molecule has 0 amide bonds. The zero-order valence-electron chi connectivity index (χ0n) is 9.53. The number of rotatable bonds is 5. The van der Waals surface area contributed by atoms with Crippen LogP contribution >= 0.6 is 11.8 Å². The van der Waals surface area contributed by atoms with Gasteiger partial charge in [-0.2, -0.15) is 0 Å². The molecular weight excluding hydrogens is 208 g/mol. The van der Waals surface area contributed by atoms with Crippen molar-refractivity contribution >= 4 is 11.8 Å². The number of hydrogen-bond donors (Lipinski definition) is 1. The Bertz CT molecular complexity index is 343. The molecule has 0 bridgehead atoms. The van der Waals surface area contributed by atoms with E-state index < -0.39 is 0 Å². The zero-order valence-corrected chi connectivity index (χ0v) is 10.3. The minimum atomic E-state index is 0.339. The summed E-state index contributed by atoms with van der Waals surface area (Å²) in [5.74, 6) is 1.71. The highest BCUT2D eigenvalue weighted by Crippen LogP contribution is 2.22. The minimum absolute atomic E-state index is 0.339. The fraction of sp³-hybridized carbons (Fsp3) is 0.600. The SMILES string of the molecule is C=C(C)CSc1nnc(CN)n1C(C)C. The molecule has 0 aliphatic rings. The van der Waals surface area contributed by atoms with Crippen molar-refractivity contribution in [2.75, 3.05) is 5.75 Å². The first-order valence-corrected chi connectivity index (χ1v) is 5.95. The topological polar surface area (TPSA) is 56.7 Å². The van der Waals surface area contributed by atoms with Crippen LogP contribution in [-0.2, 0) is 6.54 Å². The maximum Gasteiger partial charge on any atom is 0.191 e. The lowest BCUT2D eigenvalue weighted by atomic mass is 10.4. The molecule has 0 spiro atoms. The normalized spacial score (nSPS) is 11.0. The summed E-state index contributed by atoms with van der Waals surface area (Å²) in [7, 11) is 0. The van der Waals surface area contributed by atoms with E-state index in [-0.39, 0.29) is 0 Å². The van der Waals surface area contributed by atoms with E-state index >= 15 is 0 Å². The van der Waals surface area contributed by atoms with Crippen molar-refractivity contribution in [1.82, 2.24) is 14.8 Å². The lowest BCUT2D eigenvalue weighted by Gasteiger charge is -2.12. The Morgan fingerprint density at radius 2 is 2.20 bits per heavy atom. The third kappa shape index (κ3) is 3.07.